The van der Waals surface area contributed by atoms with Gasteiger partial charge in [-0.15, -0.1) is 0 Å². The van der Waals surface area contributed by atoms with Crippen LogP contribution in [0.25, 0.3) is 6.08 Å². The van der Waals surface area contributed by atoms with Crippen LogP contribution in [0.1, 0.15) is 24.0 Å². The predicted octanol–water partition coefficient (Wildman–Crippen LogP) is 4.19. The Hall–Kier alpha value is -2.47. The van der Waals surface area contributed by atoms with Crippen LogP contribution in [-0.2, 0) is 4.79 Å². The minimum atomic E-state index is -0.150. The van der Waals surface area contributed by atoms with Crippen molar-refractivity contribution in [2.45, 2.75) is 20.8 Å². The Morgan fingerprint density at radius 3 is 2.67 bits per heavy atom. The number of benzene rings is 1. The Morgan fingerprint density at radius 1 is 1.29 bits per heavy atom. The van der Waals surface area contributed by atoms with E-state index in [-0.39, 0.29) is 5.91 Å². The molecule has 124 valence electrons. The number of hydrogen-bond donors (Lipinski definition) is 1. The van der Waals surface area contributed by atoms with Gasteiger partial charge in [0, 0.05) is 5.56 Å². The first-order valence-corrected chi connectivity index (χ1v) is 8.46. The van der Waals surface area contributed by atoms with E-state index in [1.165, 1.54) is 11.8 Å². The van der Waals surface area contributed by atoms with E-state index >= 15 is 0 Å². The van der Waals surface area contributed by atoms with Crippen LogP contribution < -0.4 is 10.1 Å². The van der Waals surface area contributed by atoms with Gasteiger partial charge in [-0.2, -0.15) is 0 Å². The van der Waals surface area contributed by atoms with Gasteiger partial charge in [0.1, 0.15) is 17.3 Å². The van der Waals surface area contributed by atoms with Crippen molar-refractivity contribution in [1.29, 1.82) is 0 Å². The average Bonchev–Trinajstić information content (AvgIpc) is 3.04. The van der Waals surface area contributed by atoms with Crippen LogP contribution in [0.3, 0.4) is 0 Å². The first kappa shape index (κ1) is 16.4. The van der Waals surface area contributed by atoms with Crippen LogP contribution in [0.4, 0.5) is 5.69 Å². The number of ether oxygens (including phenoxy) is 1. The summed E-state index contributed by atoms with van der Waals surface area (Å²) in [4.78, 5) is 17.2. The lowest BCUT2D eigenvalue weighted by Gasteiger charge is -2.02. The third-order valence-electron chi connectivity index (χ3n) is 3.40. The van der Waals surface area contributed by atoms with Crippen molar-refractivity contribution in [1.82, 2.24) is 5.32 Å². The molecular formula is C18H18N2O3S. The van der Waals surface area contributed by atoms with E-state index in [0.717, 1.165) is 28.5 Å². The molecule has 1 aromatic carbocycles. The Bertz CT molecular complexity index is 819. The van der Waals surface area contributed by atoms with Gasteiger partial charge in [0.25, 0.3) is 5.91 Å². The normalized spacial score (nSPS) is 17.5. The molecule has 3 rings (SSSR count). The maximum Gasteiger partial charge on any atom is 0.264 e. The summed E-state index contributed by atoms with van der Waals surface area (Å²) >= 11 is 1.32. The number of amidine groups is 1. The third kappa shape index (κ3) is 3.71. The van der Waals surface area contributed by atoms with E-state index in [1.807, 2.05) is 57.2 Å². The lowest BCUT2D eigenvalue weighted by atomic mass is 10.2. The topological polar surface area (TPSA) is 63.8 Å². The Kier molecular flexibility index (Phi) is 4.76. The molecule has 1 saturated heterocycles. The molecule has 0 radical (unpaired) electrons. The summed E-state index contributed by atoms with van der Waals surface area (Å²) in [5.74, 6) is 2.27. The van der Waals surface area contributed by atoms with Gasteiger partial charge in [-0.25, -0.2) is 4.99 Å². The summed E-state index contributed by atoms with van der Waals surface area (Å²) in [5, 5.41) is 3.35. The Labute approximate surface area is 144 Å². The van der Waals surface area contributed by atoms with Crippen LogP contribution in [0.2, 0.25) is 0 Å². The molecule has 2 heterocycles. The molecular weight excluding hydrogens is 324 g/mol. The molecule has 0 unspecified atom stereocenters. The van der Waals surface area contributed by atoms with Crippen molar-refractivity contribution in [2.24, 2.45) is 4.99 Å². The summed E-state index contributed by atoms with van der Waals surface area (Å²) in [6.45, 7) is 6.33. The lowest BCUT2D eigenvalue weighted by Crippen LogP contribution is -2.19. The first-order chi connectivity index (χ1) is 11.5. The van der Waals surface area contributed by atoms with Gasteiger partial charge in [0.15, 0.2) is 5.17 Å². The quantitative estimate of drug-likeness (QED) is 0.846. The zero-order valence-corrected chi connectivity index (χ0v) is 14.6. The smallest absolute Gasteiger partial charge is 0.264 e. The standard InChI is InChI=1S/C18H18N2O3S/c1-4-22-15-7-5-14(6-8-15)19-18-20-17(21)16(24-18)10-13-9-11(2)23-12(13)3/h5-10H,4H2,1-3H3,(H,19,20,21)/b16-10-. The minimum absolute atomic E-state index is 0.150. The van der Waals surface area contributed by atoms with Crippen molar-refractivity contribution in [2.75, 3.05) is 6.61 Å². The summed E-state index contributed by atoms with van der Waals surface area (Å²) in [5.41, 5.74) is 1.67. The monoisotopic (exact) mass is 342 g/mol. The van der Waals surface area contributed by atoms with E-state index in [4.69, 9.17) is 9.15 Å². The molecule has 24 heavy (non-hydrogen) atoms. The van der Waals surface area contributed by atoms with Gasteiger partial charge in [0.05, 0.1) is 17.2 Å². The second-order valence-corrected chi connectivity index (χ2v) is 6.31. The van der Waals surface area contributed by atoms with Crippen molar-refractivity contribution in [3.8, 4) is 5.75 Å². The molecule has 0 spiro atoms. The number of aliphatic imine (C=N–C) groups is 1. The molecule has 0 bridgehead atoms. The van der Waals surface area contributed by atoms with Gasteiger partial charge in [-0.05, 0) is 68.9 Å². The lowest BCUT2D eigenvalue weighted by molar-refractivity contribution is -0.115. The molecule has 6 heteroatoms. The highest BCUT2D eigenvalue weighted by atomic mass is 32.2. The molecule has 1 amide bonds. The largest absolute Gasteiger partial charge is 0.494 e. The first-order valence-electron chi connectivity index (χ1n) is 7.64. The molecule has 2 aromatic rings. The molecule has 1 N–H and O–H groups in total. The van der Waals surface area contributed by atoms with E-state index in [9.17, 15) is 4.79 Å². The van der Waals surface area contributed by atoms with Crippen molar-refractivity contribution in [3.63, 3.8) is 0 Å². The molecule has 1 aliphatic heterocycles. The maximum absolute atomic E-state index is 12.1. The van der Waals surface area contributed by atoms with Gasteiger partial charge < -0.3 is 14.5 Å². The van der Waals surface area contributed by atoms with E-state index < -0.39 is 0 Å². The molecule has 1 aliphatic rings. The highest BCUT2D eigenvalue weighted by molar-refractivity contribution is 8.18. The number of nitrogens with one attached hydrogen (secondary N) is 1. The highest BCUT2D eigenvalue weighted by Crippen LogP contribution is 2.29. The molecule has 1 aromatic heterocycles. The van der Waals surface area contributed by atoms with Crippen LogP contribution in [0.15, 0.2) is 44.6 Å². The fourth-order valence-electron chi connectivity index (χ4n) is 2.32. The highest BCUT2D eigenvalue weighted by Gasteiger charge is 2.24. The van der Waals surface area contributed by atoms with Gasteiger partial charge in [-0.3, -0.25) is 4.79 Å². The second-order valence-electron chi connectivity index (χ2n) is 5.28. The van der Waals surface area contributed by atoms with Crippen molar-refractivity contribution >= 4 is 34.6 Å². The Morgan fingerprint density at radius 2 is 2.04 bits per heavy atom. The van der Waals surface area contributed by atoms with Gasteiger partial charge in [0.2, 0.25) is 0 Å². The molecule has 0 atom stereocenters. The number of thioether (sulfide) groups is 1. The molecule has 1 fully saturated rings. The number of furan rings is 1. The van der Waals surface area contributed by atoms with Crippen molar-refractivity contribution in [3.05, 3.63) is 52.3 Å². The zero-order chi connectivity index (χ0) is 17.1. The van der Waals surface area contributed by atoms with E-state index in [1.54, 1.807) is 0 Å². The number of nitrogens with zero attached hydrogens (tertiary/aromatic N) is 1. The summed E-state index contributed by atoms with van der Waals surface area (Å²) in [6.07, 6.45) is 1.83. The van der Waals surface area contributed by atoms with E-state index in [2.05, 4.69) is 10.3 Å². The van der Waals surface area contributed by atoms with E-state index in [0.29, 0.717) is 16.7 Å². The number of carbonyl (C=O) groups is 1. The number of amides is 1. The van der Waals surface area contributed by atoms with Gasteiger partial charge >= 0.3 is 0 Å². The summed E-state index contributed by atoms with van der Waals surface area (Å²) in [6, 6.07) is 9.35. The van der Waals surface area contributed by atoms with Crippen LogP contribution in [0.5, 0.6) is 5.75 Å². The number of carbonyl (C=O) groups excluding carboxylic acids is 1. The van der Waals surface area contributed by atoms with Crippen molar-refractivity contribution < 1.29 is 13.9 Å². The SMILES string of the molecule is CCOc1ccc(N=C2NC(=O)/C(=C/c3cc(C)oc3C)S2)cc1. The summed E-state index contributed by atoms with van der Waals surface area (Å²) < 4.78 is 10.9. The molecule has 0 aliphatic carbocycles. The summed E-state index contributed by atoms with van der Waals surface area (Å²) in [7, 11) is 0. The van der Waals surface area contributed by atoms with Crippen LogP contribution in [-0.4, -0.2) is 17.7 Å². The maximum atomic E-state index is 12.1. The second kappa shape index (κ2) is 6.97. The molecule has 5 nitrogen and oxygen atoms in total. The van der Waals surface area contributed by atoms with Crippen LogP contribution >= 0.6 is 11.8 Å². The average molecular weight is 342 g/mol. The van der Waals surface area contributed by atoms with Crippen LogP contribution in [0, 0.1) is 13.8 Å². The zero-order valence-electron chi connectivity index (χ0n) is 13.8. The Balaban J connectivity index is 1.77. The number of hydrogen-bond acceptors (Lipinski definition) is 5. The fraction of sp³-hybridized carbons (Fsp3) is 0.222. The van der Waals surface area contributed by atoms with Gasteiger partial charge in [-0.1, -0.05) is 0 Å². The fourth-order valence-corrected chi connectivity index (χ4v) is 3.15. The predicted molar refractivity (Wildman–Crippen MR) is 96.6 cm³/mol. The number of aryl methyl sites for hydroxylation is 2. The molecule has 0 saturated carbocycles. The number of rotatable bonds is 4. The minimum Gasteiger partial charge on any atom is -0.494 e. The third-order valence-corrected chi connectivity index (χ3v) is 4.31.